The molecule has 5 heteroatoms. The molecular weight excluding hydrogens is 234 g/mol. The second-order valence-corrected chi connectivity index (χ2v) is 3.73. The Morgan fingerprint density at radius 1 is 1.44 bits per heavy atom. The van der Waals surface area contributed by atoms with E-state index in [2.05, 4.69) is 0 Å². The van der Waals surface area contributed by atoms with E-state index in [9.17, 15) is 9.59 Å². The monoisotopic (exact) mass is 249 g/mol. The number of carbonyl (C=O) groups is 2. The summed E-state index contributed by atoms with van der Waals surface area (Å²) < 4.78 is 5.47. The first-order chi connectivity index (χ1) is 8.50. The van der Waals surface area contributed by atoms with Gasteiger partial charge in [-0.3, -0.25) is 4.79 Å². The Labute approximate surface area is 105 Å². The molecule has 0 spiro atoms. The molecule has 0 radical (unpaired) electrons. The number of carboxylic acids is 1. The average Bonchev–Trinajstić information content (AvgIpc) is 2.28. The highest BCUT2D eigenvalue weighted by Gasteiger charge is 2.05. The Morgan fingerprint density at radius 3 is 2.78 bits per heavy atom. The lowest BCUT2D eigenvalue weighted by molar-refractivity contribution is -0.131. The molecule has 0 bridgehead atoms. The van der Waals surface area contributed by atoms with E-state index in [1.165, 1.54) is 6.08 Å². The van der Waals surface area contributed by atoms with Crippen molar-refractivity contribution in [3.63, 3.8) is 0 Å². The largest absolute Gasteiger partial charge is 0.492 e. The molecule has 0 fully saturated rings. The van der Waals surface area contributed by atoms with E-state index >= 15 is 0 Å². The highest BCUT2D eigenvalue weighted by atomic mass is 16.5. The summed E-state index contributed by atoms with van der Waals surface area (Å²) in [4.78, 5) is 21.1. The molecule has 1 aromatic carbocycles. The molecule has 96 valence electrons. The van der Waals surface area contributed by atoms with Crippen molar-refractivity contribution >= 4 is 18.0 Å². The second-order valence-electron chi connectivity index (χ2n) is 3.73. The second kappa shape index (κ2) is 6.44. The molecule has 1 rings (SSSR count). The minimum absolute atomic E-state index is 0.121. The quantitative estimate of drug-likeness (QED) is 0.744. The third-order valence-electron chi connectivity index (χ3n) is 2.24. The van der Waals surface area contributed by atoms with Gasteiger partial charge in [-0.1, -0.05) is 18.2 Å². The number of carbonyl (C=O) groups excluding carboxylic acids is 1. The Balaban J connectivity index is 2.86. The van der Waals surface area contributed by atoms with Crippen LogP contribution in [0.1, 0.15) is 17.5 Å². The molecule has 0 saturated heterocycles. The summed E-state index contributed by atoms with van der Waals surface area (Å²) in [5, 5.41) is 8.60. The van der Waals surface area contributed by atoms with Gasteiger partial charge in [0.2, 0.25) is 5.91 Å². The van der Waals surface area contributed by atoms with Crippen LogP contribution in [0, 0.1) is 6.92 Å². The summed E-state index contributed by atoms with van der Waals surface area (Å²) in [7, 11) is 0. The van der Waals surface area contributed by atoms with E-state index < -0.39 is 11.9 Å². The number of hydrogen-bond donors (Lipinski definition) is 2. The number of para-hydroxylation sites is 1. The zero-order valence-electron chi connectivity index (χ0n) is 10.1. The van der Waals surface area contributed by atoms with Gasteiger partial charge >= 0.3 is 5.97 Å². The van der Waals surface area contributed by atoms with Crippen LogP contribution in [0.2, 0.25) is 0 Å². The van der Waals surface area contributed by atoms with Crippen LogP contribution in [-0.2, 0) is 9.59 Å². The van der Waals surface area contributed by atoms with Gasteiger partial charge in [0.25, 0.3) is 0 Å². The first kappa shape index (κ1) is 13.8. The lowest BCUT2D eigenvalue weighted by Gasteiger charge is -2.11. The van der Waals surface area contributed by atoms with Crippen LogP contribution in [0.15, 0.2) is 24.3 Å². The molecule has 0 heterocycles. The average molecular weight is 249 g/mol. The number of aryl methyl sites for hydroxylation is 1. The van der Waals surface area contributed by atoms with Crippen LogP contribution >= 0.6 is 0 Å². The lowest BCUT2D eigenvalue weighted by Crippen LogP contribution is -2.15. The molecule has 0 unspecified atom stereocenters. The maximum absolute atomic E-state index is 10.6. The van der Waals surface area contributed by atoms with Gasteiger partial charge in [-0.2, -0.15) is 0 Å². The minimum Gasteiger partial charge on any atom is -0.492 e. The van der Waals surface area contributed by atoms with Crippen molar-refractivity contribution in [3.8, 4) is 5.75 Å². The fourth-order valence-corrected chi connectivity index (χ4v) is 1.42. The number of amides is 1. The third kappa shape index (κ3) is 4.29. The standard InChI is InChI=1S/C13H15NO4/c1-9-3-2-4-10(5-6-12(16)17)13(9)18-8-7-11(14)15/h2-6H,7-8H2,1H3,(H2,14,15)(H,16,17)/b6-5+. The Kier molecular flexibility index (Phi) is 4.92. The number of hydrogen-bond acceptors (Lipinski definition) is 3. The highest BCUT2D eigenvalue weighted by molar-refractivity contribution is 5.86. The Bertz CT molecular complexity index is 480. The molecule has 5 nitrogen and oxygen atoms in total. The van der Waals surface area contributed by atoms with Crippen LogP contribution in [0.3, 0.4) is 0 Å². The van der Waals surface area contributed by atoms with Crippen LogP contribution in [0.5, 0.6) is 5.75 Å². The number of benzene rings is 1. The van der Waals surface area contributed by atoms with Gasteiger partial charge in [-0.15, -0.1) is 0 Å². The van der Waals surface area contributed by atoms with Crippen LogP contribution in [-0.4, -0.2) is 23.6 Å². The molecule has 1 amide bonds. The first-order valence-electron chi connectivity index (χ1n) is 5.42. The summed E-state index contributed by atoms with van der Waals surface area (Å²) >= 11 is 0. The number of rotatable bonds is 6. The topological polar surface area (TPSA) is 89.6 Å². The normalized spacial score (nSPS) is 10.5. The number of nitrogens with two attached hydrogens (primary N) is 1. The molecule has 3 N–H and O–H groups in total. The van der Waals surface area contributed by atoms with E-state index in [0.29, 0.717) is 11.3 Å². The molecule has 0 aromatic heterocycles. The van der Waals surface area contributed by atoms with Gasteiger partial charge in [-0.25, -0.2) is 4.79 Å². The summed E-state index contributed by atoms with van der Waals surface area (Å²) in [6.07, 6.45) is 2.61. The zero-order valence-corrected chi connectivity index (χ0v) is 10.1. The number of primary amides is 1. The van der Waals surface area contributed by atoms with Gasteiger partial charge in [0, 0.05) is 11.6 Å². The fraction of sp³-hybridized carbons (Fsp3) is 0.231. The van der Waals surface area contributed by atoms with Crippen molar-refractivity contribution in [1.82, 2.24) is 0 Å². The maximum Gasteiger partial charge on any atom is 0.328 e. The first-order valence-corrected chi connectivity index (χ1v) is 5.42. The molecule has 1 aromatic rings. The zero-order chi connectivity index (χ0) is 13.5. The smallest absolute Gasteiger partial charge is 0.328 e. The summed E-state index contributed by atoms with van der Waals surface area (Å²) in [6.45, 7) is 2.02. The van der Waals surface area contributed by atoms with Crippen LogP contribution in [0.4, 0.5) is 0 Å². The molecule has 18 heavy (non-hydrogen) atoms. The fourth-order valence-electron chi connectivity index (χ4n) is 1.42. The van der Waals surface area contributed by atoms with E-state index in [-0.39, 0.29) is 13.0 Å². The number of carboxylic acid groups (broad SMARTS) is 1. The van der Waals surface area contributed by atoms with Crippen molar-refractivity contribution < 1.29 is 19.4 Å². The van der Waals surface area contributed by atoms with Crippen molar-refractivity contribution in [3.05, 3.63) is 35.4 Å². The van der Waals surface area contributed by atoms with Gasteiger partial charge in [0.05, 0.1) is 13.0 Å². The van der Waals surface area contributed by atoms with Gasteiger partial charge in [0.15, 0.2) is 0 Å². The van der Waals surface area contributed by atoms with Crippen LogP contribution in [0.25, 0.3) is 6.08 Å². The van der Waals surface area contributed by atoms with Crippen molar-refractivity contribution in [2.45, 2.75) is 13.3 Å². The molecular formula is C13H15NO4. The number of aliphatic carboxylic acids is 1. The number of ether oxygens (including phenoxy) is 1. The van der Waals surface area contributed by atoms with Crippen molar-refractivity contribution in [2.75, 3.05) is 6.61 Å². The molecule has 0 aliphatic rings. The lowest BCUT2D eigenvalue weighted by atomic mass is 10.1. The summed E-state index contributed by atoms with van der Waals surface area (Å²) in [5.41, 5.74) is 6.54. The van der Waals surface area contributed by atoms with Crippen molar-refractivity contribution in [2.24, 2.45) is 5.73 Å². The SMILES string of the molecule is Cc1cccc(/C=C/C(=O)O)c1OCCC(N)=O. The molecule has 0 saturated carbocycles. The third-order valence-corrected chi connectivity index (χ3v) is 2.24. The van der Waals surface area contributed by atoms with Crippen molar-refractivity contribution in [1.29, 1.82) is 0 Å². The maximum atomic E-state index is 10.6. The van der Waals surface area contributed by atoms with E-state index in [1.54, 1.807) is 12.1 Å². The predicted molar refractivity (Wildman–Crippen MR) is 67.2 cm³/mol. The highest BCUT2D eigenvalue weighted by Crippen LogP contribution is 2.24. The van der Waals surface area contributed by atoms with Gasteiger partial charge in [-0.05, 0) is 18.6 Å². The van der Waals surface area contributed by atoms with Gasteiger partial charge < -0.3 is 15.6 Å². The van der Waals surface area contributed by atoms with Crippen LogP contribution < -0.4 is 10.5 Å². The van der Waals surface area contributed by atoms with Gasteiger partial charge in [0.1, 0.15) is 5.75 Å². The minimum atomic E-state index is -1.03. The van der Waals surface area contributed by atoms with E-state index in [4.69, 9.17) is 15.6 Å². The molecule has 0 aliphatic heterocycles. The Morgan fingerprint density at radius 2 is 2.17 bits per heavy atom. The summed E-state index contributed by atoms with van der Waals surface area (Å²) in [6, 6.07) is 5.39. The Hall–Kier alpha value is -2.30. The van der Waals surface area contributed by atoms with E-state index in [0.717, 1.165) is 11.6 Å². The molecule has 0 aliphatic carbocycles. The predicted octanol–water partition coefficient (Wildman–Crippen LogP) is 1.35. The summed E-state index contributed by atoms with van der Waals surface area (Å²) in [5.74, 6) is -0.901. The molecule has 0 atom stereocenters. The van der Waals surface area contributed by atoms with E-state index in [1.807, 2.05) is 13.0 Å².